The molecule has 0 heterocycles. The number of halogens is 2. The van der Waals surface area contributed by atoms with Crippen molar-refractivity contribution in [1.29, 1.82) is 0 Å². The zero-order chi connectivity index (χ0) is 12.3. The van der Waals surface area contributed by atoms with Crippen molar-refractivity contribution in [2.45, 2.75) is 37.8 Å². The fraction of sp³-hybridized carbons (Fsp3) is 0.538. The normalized spacial score (nSPS) is 17.4. The molecule has 4 heteroatoms. The van der Waals surface area contributed by atoms with E-state index in [4.69, 9.17) is 5.11 Å². The Morgan fingerprint density at radius 1 is 1.29 bits per heavy atom. The lowest BCUT2D eigenvalue weighted by atomic mass is 10.0. The third kappa shape index (κ3) is 3.48. The third-order valence-electron chi connectivity index (χ3n) is 3.03. The van der Waals surface area contributed by atoms with Crippen LogP contribution in [0.15, 0.2) is 24.3 Å². The van der Waals surface area contributed by atoms with Crippen LogP contribution in [-0.4, -0.2) is 24.2 Å². The largest absolute Gasteiger partial charge is 0.386 e. The molecule has 1 fully saturated rings. The van der Waals surface area contributed by atoms with Crippen LogP contribution in [0.1, 0.15) is 29.9 Å². The van der Waals surface area contributed by atoms with Crippen LogP contribution < -0.4 is 5.32 Å². The summed E-state index contributed by atoms with van der Waals surface area (Å²) in [6.45, 7) is 0.465. The maximum absolute atomic E-state index is 12.1. The first-order chi connectivity index (χ1) is 8.18. The Morgan fingerprint density at radius 2 is 2.00 bits per heavy atom. The second kappa shape index (κ2) is 5.56. The Hall–Kier alpha value is -1.00. The first-order valence-corrected chi connectivity index (χ1v) is 5.93. The minimum Gasteiger partial charge on any atom is -0.386 e. The fourth-order valence-electron chi connectivity index (χ4n) is 1.93. The van der Waals surface area contributed by atoms with Gasteiger partial charge in [0.15, 0.2) is 0 Å². The van der Waals surface area contributed by atoms with Gasteiger partial charge in [-0.05, 0) is 29.9 Å². The summed E-state index contributed by atoms with van der Waals surface area (Å²) in [4.78, 5) is 0. The highest BCUT2D eigenvalue weighted by Gasteiger charge is 2.25. The molecule has 0 spiro atoms. The molecule has 2 nitrogen and oxygen atoms in total. The summed E-state index contributed by atoms with van der Waals surface area (Å²) in [6, 6.07) is 8.06. The molecule has 0 aliphatic heterocycles. The zero-order valence-electron chi connectivity index (χ0n) is 9.57. The van der Waals surface area contributed by atoms with Crippen LogP contribution in [0.25, 0.3) is 0 Å². The highest BCUT2D eigenvalue weighted by molar-refractivity contribution is 5.33. The fourth-order valence-corrected chi connectivity index (χ4v) is 1.93. The van der Waals surface area contributed by atoms with Gasteiger partial charge < -0.3 is 10.4 Å². The van der Waals surface area contributed by atoms with Gasteiger partial charge in [-0.1, -0.05) is 24.3 Å². The van der Waals surface area contributed by atoms with Gasteiger partial charge >= 0.3 is 0 Å². The second-order valence-corrected chi connectivity index (χ2v) is 4.51. The van der Waals surface area contributed by atoms with Crippen LogP contribution in [0.5, 0.6) is 0 Å². The van der Waals surface area contributed by atoms with Crippen molar-refractivity contribution in [3.8, 4) is 0 Å². The summed E-state index contributed by atoms with van der Waals surface area (Å²) < 4.78 is 24.2. The molecule has 1 aliphatic rings. The quantitative estimate of drug-likeness (QED) is 0.800. The van der Waals surface area contributed by atoms with Gasteiger partial charge in [0, 0.05) is 13.1 Å². The van der Waals surface area contributed by atoms with E-state index >= 15 is 0 Å². The van der Waals surface area contributed by atoms with E-state index in [1.165, 1.54) is 18.4 Å². The van der Waals surface area contributed by atoms with E-state index in [-0.39, 0.29) is 6.54 Å². The van der Waals surface area contributed by atoms with E-state index < -0.39 is 12.5 Å². The highest BCUT2D eigenvalue weighted by Crippen LogP contribution is 2.41. The summed E-state index contributed by atoms with van der Waals surface area (Å²) in [5.74, 6) is 0.646. The molecule has 0 radical (unpaired) electrons. The summed E-state index contributed by atoms with van der Waals surface area (Å²) in [5.41, 5.74) is 2.46. The topological polar surface area (TPSA) is 32.3 Å². The zero-order valence-corrected chi connectivity index (χ0v) is 9.57. The molecule has 1 saturated carbocycles. The minimum absolute atomic E-state index is 0.0728. The molecule has 1 aromatic rings. The van der Waals surface area contributed by atoms with Crippen molar-refractivity contribution in [1.82, 2.24) is 5.32 Å². The average molecular weight is 241 g/mol. The number of rotatable bonds is 6. The number of benzene rings is 1. The summed E-state index contributed by atoms with van der Waals surface area (Å²) in [5, 5.41) is 11.9. The molecule has 0 amide bonds. The molecule has 2 rings (SSSR count). The van der Waals surface area contributed by atoms with Crippen LogP contribution in [0.2, 0.25) is 0 Å². The Kier molecular flexibility index (Phi) is 4.07. The number of aliphatic hydroxyl groups excluding tert-OH is 1. The van der Waals surface area contributed by atoms with Gasteiger partial charge in [0.05, 0.1) is 0 Å². The standard InChI is InChI=1S/C13H17F2NO/c14-13(15)12(17)8-16-7-10-3-1-2-4-11(10)9-5-6-9/h1-4,9,12-13,16-17H,5-8H2. The van der Waals surface area contributed by atoms with E-state index in [0.717, 1.165) is 5.56 Å². The Balaban J connectivity index is 1.86. The van der Waals surface area contributed by atoms with E-state index in [1.54, 1.807) is 0 Å². The van der Waals surface area contributed by atoms with Gasteiger partial charge in [-0.2, -0.15) is 0 Å². The number of hydrogen-bond donors (Lipinski definition) is 2. The molecule has 0 saturated heterocycles. The van der Waals surface area contributed by atoms with Crippen LogP contribution in [0.4, 0.5) is 8.78 Å². The maximum atomic E-state index is 12.1. The summed E-state index contributed by atoms with van der Waals surface area (Å²) in [6.07, 6.45) is -1.82. The van der Waals surface area contributed by atoms with Crippen molar-refractivity contribution in [3.05, 3.63) is 35.4 Å². The summed E-state index contributed by atoms with van der Waals surface area (Å²) in [7, 11) is 0. The number of alkyl halides is 2. The van der Waals surface area contributed by atoms with Gasteiger partial charge in [-0.25, -0.2) is 8.78 Å². The van der Waals surface area contributed by atoms with Crippen molar-refractivity contribution in [2.75, 3.05) is 6.54 Å². The molecule has 0 bridgehead atoms. The molecule has 1 unspecified atom stereocenters. The molecular formula is C13H17F2NO. The van der Waals surface area contributed by atoms with Gasteiger partial charge in [0.1, 0.15) is 6.10 Å². The maximum Gasteiger partial charge on any atom is 0.265 e. The Labute approximate surface area is 99.7 Å². The lowest BCUT2D eigenvalue weighted by molar-refractivity contribution is -0.00341. The monoisotopic (exact) mass is 241 g/mol. The molecule has 1 aliphatic carbocycles. The SMILES string of the molecule is OC(CNCc1ccccc1C1CC1)C(F)F. The molecule has 1 atom stereocenters. The first-order valence-electron chi connectivity index (χ1n) is 5.93. The molecule has 2 N–H and O–H groups in total. The van der Waals surface area contributed by atoms with Gasteiger partial charge in [0.2, 0.25) is 0 Å². The van der Waals surface area contributed by atoms with E-state index in [9.17, 15) is 8.78 Å². The Bertz CT molecular complexity index is 366. The second-order valence-electron chi connectivity index (χ2n) is 4.51. The number of nitrogens with one attached hydrogen (secondary N) is 1. The first kappa shape index (κ1) is 12.5. The number of hydrogen-bond acceptors (Lipinski definition) is 2. The van der Waals surface area contributed by atoms with Crippen LogP contribution >= 0.6 is 0 Å². The van der Waals surface area contributed by atoms with Crippen LogP contribution in [0, 0.1) is 0 Å². The van der Waals surface area contributed by atoms with Crippen molar-refractivity contribution < 1.29 is 13.9 Å². The van der Waals surface area contributed by atoms with Gasteiger partial charge in [-0.15, -0.1) is 0 Å². The summed E-state index contributed by atoms with van der Waals surface area (Å²) >= 11 is 0. The smallest absolute Gasteiger partial charge is 0.265 e. The van der Waals surface area contributed by atoms with E-state index in [0.29, 0.717) is 12.5 Å². The minimum atomic E-state index is -2.68. The highest BCUT2D eigenvalue weighted by atomic mass is 19.3. The van der Waals surface area contributed by atoms with E-state index in [2.05, 4.69) is 11.4 Å². The van der Waals surface area contributed by atoms with E-state index in [1.807, 2.05) is 18.2 Å². The van der Waals surface area contributed by atoms with Gasteiger partial charge in [0.25, 0.3) is 6.43 Å². The lowest BCUT2D eigenvalue weighted by Crippen LogP contribution is -2.31. The lowest BCUT2D eigenvalue weighted by Gasteiger charge is -2.12. The molecule has 94 valence electrons. The molecular weight excluding hydrogens is 224 g/mol. The Morgan fingerprint density at radius 3 is 2.65 bits per heavy atom. The predicted octanol–water partition coefficient (Wildman–Crippen LogP) is 2.28. The molecule has 1 aromatic carbocycles. The van der Waals surface area contributed by atoms with Crippen molar-refractivity contribution >= 4 is 0 Å². The van der Waals surface area contributed by atoms with Crippen molar-refractivity contribution in [2.24, 2.45) is 0 Å². The van der Waals surface area contributed by atoms with Crippen molar-refractivity contribution in [3.63, 3.8) is 0 Å². The molecule has 0 aromatic heterocycles. The third-order valence-corrected chi connectivity index (χ3v) is 3.03. The van der Waals surface area contributed by atoms with Crippen LogP contribution in [-0.2, 0) is 6.54 Å². The van der Waals surface area contributed by atoms with Crippen LogP contribution in [0.3, 0.4) is 0 Å². The average Bonchev–Trinajstić information content (AvgIpc) is 3.13. The predicted molar refractivity (Wildman–Crippen MR) is 62.1 cm³/mol. The number of aliphatic hydroxyl groups is 1. The molecule has 17 heavy (non-hydrogen) atoms. The van der Waals surface area contributed by atoms with Gasteiger partial charge in [-0.3, -0.25) is 0 Å².